The van der Waals surface area contributed by atoms with Crippen LogP contribution in [-0.4, -0.2) is 30.8 Å². The average molecular weight is 473 g/mol. The van der Waals surface area contributed by atoms with E-state index in [9.17, 15) is 21.2 Å². The van der Waals surface area contributed by atoms with Crippen LogP contribution >= 0.6 is 0 Å². The number of halogens is 1. The van der Waals surface area contributed by atoms with E-state index in [0.717, 1.165) is 3.97 Å². The zero-order valence-electron chi connectivity index (χ0n) is 16.5. The molecule has 32 heavy (non-hydrogen) atoms. The Hall–Kier alpha value is -3.41. The number of pyridine rings is 2. The summed E-state index contributed by atoms with van der Waals surface area (Å²) in [7, 11) is -8.00. The Morgan fingerprint density at radius 2 is 1.53 bits per heavy atom. The lowest BCUT2D eigenvalue weighted by Crippen LogP contribution is -2.23. The lowest BCUT2D eigenvalue weighted by Gasteiger charge is -2.11. The van der Waals surface area contributed by atoms with Gasteiger partial charge in [-0.3, -0.25) is 9.97 Å². The summed E-state index contributed by atoms with van der Waals surface area (Å²) in [5, 5.41) is 0. The average Bonchev–Trinajstić information content (AvgIpc) is 3.24. The van der Waals surface area contributed by atoms with Crippen LogP contribution in [0, 0.1) is 5.82 Å². The number of benzene rings is 1. The molecule has 4 rings (SSSR count). The third-order valence-electron chi connectivity index (χ3n) is 4.59. The summed E-state index contributed by atoms with van der Waals surface area (Å²) in [6, 6.07) is 12.9. The third-order valence-corrected chi connectivity index (χ3v) is 7.64. The molecule has 11 heteroatoms. The second kappa shape index (κ2) is 8.61. The Bertz CT molecular complexity index is 1460. The van der Waals surface area contributed by atoms with Gasteiger partial charge in [0.1, 0.15) is 15.6 Å². The molecule has 0 aliphatic heterocycles. The highest BCUT2D eigenvalue weighted by atomic mass is 32.2. The minimum Gasteiger partial charge on any atom is -0.263 e. The highest BCUT2D eigenvalue weighted by Gasteiger charge is 2.24. The number of nitrogens with one attached hydrogen (secondary N) is 1. The van der Waals surface area contributed by atoms with Crippen molar-refractivity contribution in [1.82, 2.24) is 18.7 Å². The largest absolute Gasteiger partial charge is 0.269 e. The summed E-state index contributed by atoms with van der Waals surface area (Å²) in [6.07, 6.45) is 6.53. The fourth-order valence-corrected chi connectivity index (χ4v) is 5.38. The molecule has 0 amide bonds. The molecule has 4 aromatic rings. The Kier molecular flexibility index (Phi) is 5.87. The van der Waals surface area contributed by atoms with Gasteiger partial charge in [-0.2, -0.15) is 0 Å². The first-order valence-corrected chi connectivity index (χ1v) is 12.2. The van der Waals surface area contributed by atoms with E-state index < -0.39 is 25.9 Å². The first-order valence-electron chi connectivity index (χ1n) is 9.30. The van der Waals surface area contributed by atoms with Crippen molar-refractivity contribution in [2.75, 3.05) is 0 Å². The highest BCUT2D eigenvalue weighted by Crippen LogP contribution is 2.29. The molecule has 0 aliphatic carbocycles. The summed E-state index contributed by atoms with van der Waals surface area (Å²) in [5.41, 5.74) is 0.437. The van der Waals surface area contributed by atoms with Gasteiger partial charge in [0.2, 0.25) is 10.0 Å². The normalized spacial score (nSPS) is 12.0. The van der Waals surface area contributed by atoms with E-state index in [1.165, 1.54) is 79.5 Å². The van der Waals surface area contributed by atoms with Crippen LogP contribution in [0.2, 0.25) is 0 Å². The molecule has 0 saturated heterocycles. The van der Waals surface area contributed by atoms with Gasteiger partial charge in [0.05, 0.1) is 5.69 Å². The third kappa shape index (κ3) is 4.31. The Morgan fingerprint density at radius 3 is 2.16 bits per heavy atom. The Morgan fingerprint density at radius 1 is 0.875 bits per heavy atom. The minimum absolute atomic E-state index is 0.0308. The second-order valence-electron chi connectivity index (χ2n) is 6.72. The molecule has 0 aliphatic rings. The van der Waals surface area contributed by atoms with Gasteiger partial charge in [-0.1, -0.05) is 12.1 Å². The van der Waals surface area contributed by atoms with Gasteiger partial charge in [-0.25, -0.2) is 29.9 Å². The molecule has 1 N–H and O–H groups in total. The van der Waals surface area contributed by atoms with Crippen molar-refractivity contribution in [3.63, 3.8) is 0 Å². The molecule has 0 spiro atoms. The summed E-state index contributed by atoms with van der Waals surface area (Å²) in [5.74, 6) is -0.615. The number of hydrogen-bond acceptors (Lipinski definition) is 6. The maximum Gasteiger partial charge on any atom is 0.269 e. The van der Waals surface area contributed by atoms with Crippen LogP contribution in [0.1, 0.15) is 5.56 Å². The van der Waals surface area contributed by atoms with Crippen LogP contribution in [0.3, 0.4) is 0 Å². The van der Waals surface area contributed by atoms with E-state index in [0.29, 0.717) is 5.56 Å². The van der Waals surface area contributed by atoms with E-state index in [1.807, 2.05) is 0 Å². The zero-order valence-corrected chi connectivity index (χ0v) is 18.1. The van der Waals surface area contributed by atoms with Crippen LogP contribution in [0.4, 0.5) is 4.39 Å². The summed E-state index contributed by atoms with van der Waals surface area (Å²) in [6.45, 7) is -0.214. The van der Waals surface area contributed by atoms with Crippen molar-refractivity contribution in [2.24, 2.45) is 0 Å². The van der Waals surface area contributed by atoms with E-state index >= 15 is 0 Å². The molecule has 1 aromatic carbocycles. The van der Waals surface area contributed by atoms with Crippen LogP contribution in [0.25, 0.3) is 11.3 Å². The topological polar surface area (TPSA) is 111 Å². The van der Waals surface area contributed by atoms with Gasteiger partial charge in [-0.15, -0.1) is 0 Å². The monoisotopic (exact) mass is 472 g/mol. The molecule has 0 unspecified atom stereocenters. The van der Waals surface area contributed by atoms with Crippen molar-refractivity contribution < 1.29 is 21.2 Å². The fourth-order valence-electron chi connectivity index (χ4n) is 3.04. The lowest BCUT2D eigenvalue weighted by molar-refractivity contribution is 0.581. The Labute approximate surface area is 184 Å². The van der Waals surface area contributed by atoms with E-state index in [-0.39, 0.29) is 27.6 Å². The molecule has 0 saturated carbocycles. The van der Waals surface area contributed by atoms with Crippen LogP contribution in [0.5, 0.6) is 0 Å². The fraction of sp³-hybridized carbons (Fsp3) is 0.0476. The number of nitrogens with zero attached hydrogens (tertiary/aromatic N) is 3. The van der Waals surface area contributed by atoms with Gasteiger partial charge in [0.15, 0.2) is 0 Å². The Balaban J connectivity index is 1.76. The molecule has 0 fully saturated rings. The maximum absolute atomic E-state index is 14.5. The highest BCUT2D eigenvalue weighted by molar-refractivity contribution is 7.90. The number of aromatic nitrogens is 3. The molecule has 164 valence electrons. The van der Waals surface area contributed by atoms with Gasteiger partial charge < -0.3 is 0 Å². The molecule has 0 atom stereocenters. The van der Waals surface area contributed by atoms with Crippen molar-refractivity contribution in [3.8, 4) is 11.3 Å². The molecular weight excluding hydrogens is 455 g/mol. The van der Waals surface area contributed by atoms with Crippen molar-refractivity contribution in [3.05, 3.63) is 97.0 Å². The van der Waals surface area contributed by atoms with Gasteiger partial charge >= 0.3 is 0 Å². The van der Waals surface area contributed by atoms with Crippen molar-refractivity contribution >= 4 is 20.0 Å². The van der Waals surface area contributed by atoms with Crippen LogP contribution in [0.15, 0.2) is 95.4 Å². The summed E-state index contributed by atoms with van der Waals surface area (Å²) in [4.78, 5) is 7.51. The molecular formula is C21H17FN4O4S2. The molecule has 0 radical (unpaired) electrons. The maximum atomic E-state index is 14.5. The van der Waals surface area contributed by atoms with Crippen molar-refractivity contribution in [2.45, 2.75) is 16.3 Å². The van der Waals surface area contributed by atoms with Gasteiger partial charge in [0, 0.05) is 43.1 Å². The van der Waals surface area contributed by atoms with Crippen LogP contribution in [-0.2, 0) is 26.6 Å². The first-order chi connectivity index (χ1) is 15.3. The van der Waals surface area contributed by atoms with Crippen molar-refractivity contribution in [1.29, 1.82) is 0 Å². The number of hydrogen-bond donors (Lipinski definition) is 1. The van der Waals surface area contributed by atoms with E-state index in [4.69, 9.17) is 0 Å². The molecule has 3 heterocycles. The van der Waals surface area contributed by atoms with Gasteiger partial charge in [-0.05, 0) is 48.0 Å². The smallest absolute Gasteiger partial charge is 0.263 e. The quantitative estimate of drug-likeness (QED) is 0.443. The predicted octanol–water partition coefficient (Wildman–Crippen LogP) is 2.80. The molecule has 8 nitrogen and oxygen atoms in total. The molecule has 0 bridgehead atoms. The molecule has 3 aromatic heterocycles. The van der Waals surface area contributed by atoms with E-state index in [1.54, 1.807) is 6.07 Å². The standard InChI is InChI=1S/C21H17FN4O4S2/c22-20-8-2-1-7-19(20)21-11-16(12-25-31(27,28)17-5-3-9-23-13-17)15-26(21)32(29,30)18-6-4-10-24-14-18/h1-11,13-15,25H,12H2. The summed E-state index contributed by atoms with van der Waals surface area (Å²) >= 11 is 0. The predicted molar refractivity (Wildman–Crippen MR) is 115 cm³/mol. The number of rotatable bonds is 7. The van der Waals surface area contributed by atoms with Gasteiger partial charge in [0.25, 0.3) is 10.0 Å². The first kappa shape index (κ1) is 21.8. The number of sulfonamides is 1. The van der Waals surface area contributed by atoms with E-state index in [2.05, 4.69) is 14.7 Å². The van der Waals surface area contributed by atoms with Crippen LogP contribution < -0.4 is 4.72 Å². The second-order valence-corrected chi connectivity index (χ2v) is 10.3. The minimum atomic E-state index is -4.12. The zero-order chi connectivity index (χ0) is 22.8. The summed E-state index contributed by atoms with van der Waals surface area (Å²) < 4.78 is 69.3. The lowest BCUT2D eigenvalue weighted by atomic mass is 10.1. The SMILES string of the molecule is O=S(=O)(NCc1cc(-c2ccccc2F)n(S(=O)(=O)c2cccnc2)c1)c1cccnc1.